The number of aromatic nitrogens is 2. The standard InChI is InChI=1S/C9H7ClN2O2/c10-9(14)7-5(3-13)1-2-6-8(7)12-4-11-6/h1-2,4,13H,3H2,(H,11,12). The molecule has 0 fully saturated rings. The zero-order valence-corrected chi connectivity index (χ0v) is 7.88. The van der Waals surface area contributed by atoms with E-state index >= 15 is 0 Å². The molecule has 0 atom stereocenters. The number of aliphatic hydroxyl groups excluding tert-OH is 1. The Balaban J connectivity index is 2.82. The second-order valence-corrected chi connectivity index (χ2v) is 3.17. The van der Waals surface area contributed by atoms with Gasteiger partial charge in [0.25, 0.3) is 5.24 Å². The highest BCUT2D eigenvalue weighted by molar-refractivity contribution is 6.68. The highest BCUT2D eigenvalue weighted by Gasteiger charge is 2.14. The third kappa shape index (κ3) is 1.29. The molecular weight excluding hydrogens is 204 g/mol. The van der Waals surface area contributed by atoms with Crippen LogP contribution in [0.1, 0.15) is 15.9 Å². The largest absolute Gasteiger partial charge is 0.392 e. The minimum atomic E-state index is -0.605. The van der Waals surface area contributed by atoms with Gasteiger partial charge in [-0.25, -0.2) is 4.98 Å². The van der Waals surface area contributed by atoms with Crippen LogP contribution in [0.4, 0.5) is 0 Å². The molecule has 0 amide bonds. The first kappa shape index (κ1) is 9.18. The number of carbonyl (C=O) groups excluding carboxylic acids is 1. The topological polar surface area (TPSA) is 66.0 Å². The van der Waals surface area contributed by atoms with Gasteiger partial charge in [0.05, 0.1) is 24.0 Å². The normalized spacial score (nSPS) is 10.7. The van der Waals surface area contributed by atoms with Gasteiger partial charge in [-0.1, -0.05) is 6.07 Å². The van der Waals surface area contributed by atoms with Gasteiger partial charge >= 0.3 is 0 Å². The molecule has 0 unspecified atom stereocenters. The van der Waals surface area contributed by atoms with Gasteiger partial charge in [0.15, 0.2) is 0 Å². The molecule has 0 aliphatic rings. The van der Waals surface area contributed by atoms with Gasteiger partial charge < -0.3 is 10.1 Å². The molecule has 0 aliphatic heterocycles. The maximum atomic E-state index is 11.1. The van der Waals surface area contributed by atoms with Crippen LogP contribution in [-0.2, 0) is 6.61 Å². The number of hydrogen-bond donors (Lipinski definition) is 2. The smallest absolute Gasteiger partial charge is 0.255 e. The fraction of sp³-hybridized carbons (Fsp3) is 0.111. The van der Waals surface area contributed by atoms with Crippen LogP contribution < -0.4 is 0 Å². The molecule has 0 aliphatic carbocycles. The summed E-state index contributed by atoms with van der Waals surface area (Å²) in [5.41, 5.74) is 1.99. The number of rotatable bonds is 2. The molecule has 0 saturated heterocycles. The van der Waals surface area contributed by atoms with Crippen molar-refractivity contribution in [2.24, 2.45) is 0 Å². The van der Waals surface area contributed by atoms with Crippen LogP contribution in [0.25, 0.3) is 11.0 Å². The molecule has 0 radical (unpaired) electrons. The number of carbonyl (C=O) groups is 1. The maximum absolute atomic E-state index is 11.1. The number of benzene rings is 1. The van der Waals surface area contributed by atoms with E-state index < -0.39 is 5.24 Å². The van der Waals surface area contributed by atoms with E-state index in [0.29, 0.717) is 11.1 Å². The molecule has 2 N–H and O–H groups in total. The summed E-state index contributed by atoms with van der Waals surface area (Å²) in [5.74, 6) is 0. The van der Waals surface area contributed by atoms with Crippen LogP contribution in [0, 0.1) is 0 Å². The Morgan fingerprint density at radius 2 is 2.36 bits per heavy atom. The lowest BCUT2D eigenvalue weighted by molar-refractivity contribution is 0.108. The Morgan fingerprint density at radius 3 is 3.00 bits per heavy atom. The van der Waals surface area contributed by atoms with Crippen molar-refractivity contribution in [3.05, 3.63) is 29.6 Å². The molecular formula is C9H7ClN2O2. The second kappa shape index (κ2) is 3.40. The number of hydrogen-bond acceptors (Lipinski definition) is 3. The van der Waals surface area contributed by atoms with Gasteiger partial charge in [0, 0.05) is 0 Å². The number of imidazole rings is 1. The van der Waals surface area contributed by atoms with Crippen molar-refractivity contribution in [2.75, 3.05) is 0 Å². The number of nitrogens with one attached hydrogen (secondary N) is 1. The summed E-state index contributed by atoms with van der Waals surface area (Å²) in [4.78, 5) is 18.0. The van der Waals surface area contributed by atoms with Crippen molar-refractivity contribution in [1.29, 1.82) is 0 Å². The van der Waals surface area contributed by atoms with Gasteiger partial charge in [-0.05, 0) is 23.2 Å². The summed E-state index contributed by atoms with van der Waals surface area (Å²) in [6.07, 6.45) is 1.48. The molecule has 0 spiro atoms. The lowest BCUT2D eigenvalue weighted by atomic mass is 10.1. The van der Waals surface area contributed by atoms with E-state index in [4.69, 9.17) is 16.7 Å². The number of fused-ring (bicyclic) bond motifs is 1. The average molecular weight is 211 g/mol. The lowest BCUT2D eigenvalue weighted by Crippen LogP contribution is -1.98. The van der Waals surface area contributed by atoms with E-state index in [1.165, 1.54) is 6.33 Å². The zero-order chi connectivity index (χ0) is 10.1. The van der Waals surface area contributed by atoms with Crippen LogP contribution in [0.3, 0.4) is 0 Å². The highest BCUT2D eigenvalue weighted by atomic mass is 35.5. The summed E-state index contributed by atoms with van der Waals surface area (Å²) in [6, 6.07) is 3.40. The van der Waals surface area contributed by atoms with Crippen molar-refractivity contribution in [3.8, 4) is 0 Å². The minimum absolute atomic E-state index is 0.226. The van der Waals surface area contributed by atoms with E-state index in [1.807, 2.05) is 0 Å². The van der Waals surface area contributed by atoms with Crippen LogP contribution in [-0.4, -0.2) is 20.3 Å². The van der Waals surface area contributed by atoms with Gasteiger partial charge in [0.1, 0.15) is 5.52 Å². The van der Waals surface area contributed by atoms with Crippen molar-refractivity contribution in [1.82, 2.24) is 9.97 Å². The molecule has 2 aromatic rings. The van der Waals surface area contributed by atoms with Crippen molar-refractivity contribution >= 4 is 27.9 Å². The monoisotopic (exact) mass is 210 g/mol. The molecule has 14 heavy (non-hydrogen) atoms. The number of H-pyrrole nitrogens is 1. The lowest BCUT2D eigenvalue weighted by Gasteiger charge is -2.02. The Kier molecular flexibility index (Phi) is 2.23. The molecule has 1 aromatic carbocycles. The fourth-order valence-electron chi connectivity index (χ4n) is 1.40. The average Bonchev–Trinajstić information content (AvgIpc) is 2.62. The van der Waals surface area contributed by atoms with Gasteiger partial charge in [-0.2, -0.15) is 0 Å². The zero-order valence-electron chi connectivity index (χ0n) is 7.12. The molecule has 0 saturated carbocycles. The molecule has 1 aromatic heterocycles. The van der Waals surface area contributed by atoms with Crippen LogP contribution in [0.15, 0.2) is 18.5 Å². The molecule has 2 rings (SSSR count). The SMILES string of the molecule is O=C(Cl)c1c(CO)ccc2[nH]cnc12. The number of halogens is 1. The molecule has 0 bridgehead atoms. The minimum Gasteiger partial charge on any atom is -0.392 e. The van der Waals surface area contributed by atoms with Gasteiger partial charge in [-0.15, -0.1) is 0 Å². The van der Waals surface area contributed by atoms with Crippen molar-refractivity contribution < 1.29 is 9.90 Å². The van der Waals surface area contributed by atoms with E-state index in [2.05, 4.69) is 9.97 Å². The van der Waals surface area contributed by atoms with E-state index in [9.17, 15) is 4.79 Å². The number of aliphatic hydroxyl groups is 1. The Morgan fingerprint density at radius 1 is 1.57 bits per heavy atom. The predicted octanol–water partition coefficient (Wildman–Crippen LogP) is 1.43. The molecule has 5 heteroatoms. The molecule has 72 valence electrons. The summed E-state index contributed by atoms with van der Waals surface area (Å²) in [6.45, 7) is -0.226. The third-order valence-corrected chi connectivity index (χ3v) is 2.23. The Bertz CT molecular complexity index is 493. The summed E-state index contributed by atoms with van der Waals surface area (Å²) >= 11 is 5.42. The van der Waals surface area contributed by atoms with Gasteiger partial charge in [0.2, 0.25) is 0 Å². The summed E-state index contributed by atoms with van der Waals surface area (Å²) in [7, 11) is 0. The molecule has 1 heterocycles. The summed E-state index contributed by atoms with van der Waals surface area (Å²) < 4.78 is 0. The predicted molar refractivity (Wildman–Crippen MR) is 52.2 cm³/mol. The van der Waals surface area contributed by atoms with E-state index in [1.54, 1.807) is 12.1 Å². The van der Waals surface area contributed by atoms with Crippen LogP contribution in [0.2, 0.25) is 0 Å². The second-order valence-electron chi connectivity index (χ2n) is 2.83. The number of nitrogens with zero attached hydrogens (tertiary/aromatic N) is 1. The van der Waals surface area contributed by atoms with E-state index in [0.717, 1.165) is 5.52 Å². The number of aromatic amines is 1. The Hall–Kier alpha value is -1.39. The van der Waals surface area contributed by atoms with Crippen LogP contribution >= 0.6 is 11.6 Å². The Labute approximate surface area is 84.5 Å². The van der Waals surface area contributed by atoms with Crippen molar-refractivity contribution in [3.63, 3.8) is 0 Å². The molecule has 4 nitrogen and oxygen atoms in total. The first-order valence-electron chi connectivity index (χ1n) is 3.99. The highest BCUT2D eigenvalue weighted by Crippen LogP contribution is 2.21. The fourth-order valence-corrected chi connectivity index (χ4v) is 1.61. The first-order valence-corrected chi connectivity index (χ1v) is 4.37. The van der Waals surface area contributed by atoms with Crippen LogP contribution in [0.5, 0.6) is 0 Å². The third-order valence-electron chi connectivity index (χ3n) is 2.04. The summed E-state index contributed by atoms with van der Waals surface area (Å²) in [5, 5.41) is 8.41. The maximum Gasteiger partial charge on any atom is 0.255 e. The van der Waals surface area contributed by atoms with Gasteiger partial charge in [-0.3, -0.25) is 4.79 Å². The van der Waals surface area contributed by atoms with E-state index in [-0.39, 0.29) is 12.2 Å². The van der Waals surface area contributed by atoms with Crippen molar-refractivity contribution in [2.45, 2.75) is 6.61 Å². The quantitative estimate of drug-likeness (QED) is 0.737. The first-order chi connectivity index (χ1) is 6.74.